The third kappa shape index (κ3) is 2.78. The minimum absolute atomic E-state index is 0.0613. The van der Waals surface area contributed by atoms with E-state index in [1.165, 1.54) is 12.1 Å². The second kappa shape index (κ2) is 4.29. The van der Waals surface area contributed by atoms with E-state index in [0.717, 1.165) is 6.07 Å². The van der Waals surface area contributed by atoms with Gasteiger partial charge in [-0.2, -0.15) is 13.2 Å². The molecular formula is C8H4BrCl2F3. The van der Waals surface area contributed by atoms with E-state index in [0.29, 0.717) is 5.56 Å². The second-order valence-corrected chi connectivity index (χ2v) is 4.49. The van der Waals surface area contributed by atoms with Gasteiger partial charge in [0.1, 0.15) is 4.84 Å². The van der Waals surface area contributed by atoms with Crippen LogP contribution in [0.2, 0.25) is 0 Å². The predicted octanol–water partition coefficient (Wildman–Crippen LogP) is 4.94. The van der Waals surface area contributed by atoms with Gasteiger partial charge < -0.3 is 0 Å². The van der Waals surface area contributed by atoms with Gasteiger partial charge in [-0.05, 0) is 17.7 Å². The predicted molar refractivity (Wildman–Crippen MR) is 53.6 cm³/mol. The summed E-state index contributed by atoms with van der Waals surface area (Å²) in [5, 5.41) is 0. The zero-order valence-electron chi connectivity index (χ0n) is 6.58. The molecule has 6 heteroatoms. The van der Waals surface area contributed by atoms with E-state index < -0.39 is 16.6 Å². The fraction of sp³-hybridized carbons (Fsp3) is 0.250. The molecule has 0 unspecified atom stereocenters. The Balaban J connectivity index is 3.15. The van der Waals surface area contributed by atoms with E-state index in [1.807, 2.05) is 0 Å². The number of benzene rings is 1. The number of rotatable bonds is 1. The molecule has 0 saturated heterocycles. The van der Waals surface area contributed by atoms with Crippen LogP contribution >= 0.6 is 39.1 Å². The topological polar surface area (TPSA) is 0 Å². The molecule has 0 saturated carbocycles. The number of alkyl halides is 5. The summed E-state index contributed by atoms with van der Waals surface area (Å²) in [6.07, 6.45) is -4.37. The van der Waals surface area contributed by atoms with Crippen molar-refractivity contribution >= 4 is 39.1 Å². The van der Waals surface area contributed by atoms with Crippen LogP contribution in [0.25, 0.3) is 0 Å². The lowest BCUT2D eigenvalue weighted by Crippen LogP contribution is -2.06. The zero-order chi connectivity index (χ0) is 10.9. The smallest absolute Gasteiger partial charge is 0.166 e. The van der Waals surface area contributed by atoms with Gasteiger partial charge in [0.05, 0.1) is 5.56 Å². The molecule has 0 fully saturated rings. The first kappa shape index (κ1) is 12.1. The van der Waals surface area contributed by atoms with Gasteiger partial charge in [0, 0.05) is 4.47 Å². The SMILES string of the molecule is FC(F)(F)c1ccc(C(Cl)Cl)cc1Br. The molecule has 0 atom stereocenters. The van der Waals surface area contributed by atoms with Crippen LogP contribution in [0, 0.1) is 0 Å². The quantitative estimate of drug-likeness (QED) is 0.644. The molecule has 0 aliphatic heterocycles. The lowest BCUT2D eigenvalue weighted by molar-refractivity contribution is -0.138. The molecule has 1 rings (SSSR count). The second-order valence-electron chi connectivity index (χ2n) is 2.54. The average molecular weight is 308 g/mol. The van der Waals surface area contributed by atoms with Crippen LogP contribution in [0.3, 0.4) is 0 Å². The number of hydrogen-bond donors (Lipinski definition) is 0. The van der Waals surface area contributed by atoms with Gasteiger partial charge >= 0.3 is 6.18 Å². The van der Waals surface area contributed by atoms with Gasteiger partial charge in [0.15, 0.2) is 0 Å². The third-order valence-electron chi connectivity index (χ3n) is 1.55. The Morgan fingerprint density at radius 2 is 1.79 bits per heavy atom. The van der Waals surface area contributed by atoms with Crippen molar-refractivity contribution in [1.82, 2.24) is 0 Å². The molecule has 0 radical (unpaired) electrons. The van der Waals surface area contributed by atoms with E-state index in [-0.39, 0.29) is 4.47 Å². The molecule has 0 N–H and O–H groups in total. The summed E-state index contributed by atoms with van der Waals surface area (Å²) >= 11 is 13.8. The number of halogens is 6. The maximum absolute atomic E-state index is 12.3. The van der Waals surface area contributed by atoms with Gasteiger partial charge in [-0.25, -0.2) is 0 Å². The van der Waals surface area contributed by atoms with Crippen molar-refractivity contribution in [3.05, 3.63) is 33.8 Å². The van der Waals surface area contributed by atoms with Crippen LogP contribution < -0.4 is 0 Å². The van der Waals surface area contributed by atoms with Crippen molar-refractivity contribution in [1.29, 1.82) is 0 Å². The van der Waals surface area contributed by atoms with E-state index in [4.69, 9.17) is 23.2 Å². The van der Waals surface area contributed by atoms with Crippen molar-refractivity contribution < 1.29 is 13.2 Å². The maximum atomic E-state index is 12.3. The van der Waals surface area contributed by atoms with Crippen LogP contribution in [0.15, 0.2) is 22.7 Å². The lowest BCUT2D eigenvalue weighted by atomic mass is 10.1. The summed E-state index contributed by atoms with van der Waals surface area (Å²) in [5.74, 6) is 0. The van der Waals surface area contributed by atoms with Crippen molar-refractivity contribution in [2.45, 2.75) is 11.0 Å². The normalized spacial score (nSPS) is 12.2. The molecule has 0 aliphatic carbocycles. The van der Waals surface area contributed by atoms with E-state index in [9.17, 15) is 13.2 Å². The monoisotopic (exact) mass is 306 g/mol. The van der Waals surface area contributed by atoms with Crippen LogP contribution in [-0.2, 0) is 6.18 Å². The molecule has 1 aromatic carbocycles. The van der Waals surface area contributed by atoms with Gasteiger partial charge in [0.2, 0.25) is 0 Å². The molecule has 0 bridgehead atoms. The molecule has 1 aromatic rings. The van der Waals surface area contributed by atoms with E-state index in [1.54, 1.807) is 0 Å². The summed E-state index contributed by atoms with van der Waals surface area (Å²) in [6, 6.07) is 3.45. The summed E-state index contributed by atoms with van der Waals surface area (Å²) in [6.45, 7) is 0. The van der Waals surface area contributed by atoms with E-state index >= 15 is 0 Å². The van der Waals surface area contributed by atoms with Crippen LogP contribution in [-0.4, -0.2) is 0 Å². The Hall–Kier alpha value is 0.0700. The molecule has 78 valence electrons. The highest BCUT2D eigenvalue weighted by Crippen LogP contribution is 2.37. The van der Waals surface area contributed by atoms with Crippen molar-refractivity contribution in [3.63, 3.8) is 0 Å². The maximum Gasteiger partial charge on any atom is 0.417 e. The molecule has 0 heterocycles. The van der Waals surface area contributed by atoms with E-state index in [2.05, 4.69) is 15.9 Å². The molecule has 0 spiro atoms. The Kier molecular flexibility index (Phi) is 3.72. The van der Waals surface area contributed by atoms with Crippen LogP contribution in [0.4, 0.5) is 13.2 Å². The van der Waals surface area contributed by atoms with Gasteiger partial charge in [-0.1, -0.05) is 22.0 Å². The highest BCUT2D eigenvalue weighted by molar-refractivity contribution is 9.10. The Labute approximate surface area is 97.1 Å². The standard InChI is InChI=1S/C8H4BrCl2F3/c9-6-3-4(7(10)11)1-2-5(6)8(12,13)14/h1-3,7H. The van der Waals surface area contributed by atoms with Crippen molar-refractivity contribution in [2.24, 2.45) is 0 Å². The first-order chi connectivity index (χ1) is 6.32. The minimum Gasteiger partial charge on any atom is -0.166 e. The summed E-state index contributed by atoms with van der Waals surface area (Å²) < 4.78 is 36.8. The third-order valence-corrected chi connectivity index (χ3v) is 2.71. The average Bonchev–Trinajstić information content (AvgIpc) is 2.01. The molecule has 0 aliphatic rings. The fourth-order valence-electron chi connectivity index (χ4n) is 0.897. The summed E-state index contributed by atoms with van der Waals surface area (Å²) in [7, 11) is 0. The first-order valence-electron chi connectivity index (χ1n) is 3.47. The minimum atomic E-state index is -4.37. The fourth-order valence-corrected chi connectivity index (χ4v) is 1.79. The summed E-state index contributed by atoms with van der Waals surface area (Å²) in [4.78, 5) is -0.825. The molecule has 0 amide bonds. The van der Waals surface area contributed by atoms with Crippen LogP contribution in [0.5, 0.6) is 0 Å². The van der Waals surface area contributed by atoms with Gasteiger partial charge in [0.25, 0.3) is 0 Å². The molecule has 0 nitrogen and oxygen atoms in total. The first-order valence-corrected chi connectivity index (χ1v) is 5.13. The lowest BCUT2D eigenvalue weighted by Gasteiger charge is -2.10. The Morgan fingerprint density at radius 1 is 1.21 bits per heavy atom. The van der Waals surface area contributed by atoms with Crippen LogP contribution in [0.1, 0.15) is 16.0 Å². The highest BCUT2D eigenvalue weighted by Gasteiger charge is 2.32. The van der Waals surface area contributed by atoms with Crippen molar-refractivity contribution in [3.8, 4) is 0 Å². The number of hydrogen-bond acceptors (Lipinski definition) is 0. The van der Waals surface area contributed by atoms with Gasteiger partial charge in [-0.15, -0.1) is 23.2 Å². The highest BCUT2D eigenvalue weighted by atomic mass is 79.9. The Bertz CT molecular complexity index is 336. The molecule has 14 heavy (non-hydrogen) atoms. The molecule has 0 aromatic heterocycles. The van der Waals surface area contributed by atoms with Gasteiger partial charge in [-0.3, -0.25) is 0 Å². The largest absolute Gasteiger partial charge is 0.417 e. The van der Waals surface area contributed by atoms with Crippen molar-refractivity contribution in [2.75, 3.05) is 0 Å². The molecular weight excluding hydrogens is 304 g/mol. The summed E-state index contributed by atoms with van der Waals surface area (Å²) in [5.41, 5.74) is -0.316. The Morgan fingerprint density at radius 3 is 2.14 bits per heavy atom. The zero-order valence-corrected chi connectivity index (χ0v) is 9.68.